The summed E-state index contributed by atoms with van der Waals surface area (Å²) in [5.41, 5.74) is 1.56. The molecule has 0 bridgehead atoms. The first-order valence-electron chi connectivity index (χ1n) is 8.93. The number of aryl methyl sites for hydroxylation is 1. The summed E-state index contributed by atoms with van der Waals surface area (Å²) in [5, 5.41) is 1.26. The lowest BCUT2D eigenvalue weighted by atomic mass is 10.1. The van der Waals surface area contributed by atoms with Gasteiger partial charge in [0.2, 0.25) is 10.0 Å². The van der Waals surface area contributed by atoms with E-state index in [-0.39, 0.29) is 11.7 Å². The third-order valence-electron chi connectivity index (χ3n) is 4.77. The van der Waals surface area contributed by atoms with Crippen molar-refractivity contribution in [1.82, 2.24) is 8.87 Å². The molecule has 0 amide bonds. The van der Waals surface area contributed by atoms with Crippen molar-refractivity contribution in [3.05, 3.63) is 69.5 Å². The van der Waals surface area contributed by atoms with Gasteiger partial charge in [0.05, 0.1) is 0 Å². The minimum Gasteiger partial charge on any atom is -0.490 e. The van der Waals surface area contributed by atoms with Crippen molar-refractivity contribution in [2.75, 3.05) is 13.1 Å². The van der Waals surface area contributed by atoms with Gasteiger partial charge < -0.3 is 9.30 Å². The normalized spacial score (nSPS) is 16.7. The molecule has 1 aromatic carbocycles. The zero-order chi connectivity index (χ0) is 19.4. The molecule has 144 valence electrons. The van der Waals surface area contributed by atoms with Crippen molar-refractivity contribution < 1.29 is 13.2 Å². The maximum absolute atomic E-state index is 12.5. The molecule has 0 radical (unpaired) electrons. The van der Waals surface area contributed by atoms with Gasteiger partial charge in [0.25, 0.3) is 5.56 Å². The van der Waals surface area contributed by atoms with Crippen LogP contribution in [0.5, 0.6) is 5.75 Å². The van der Waals surface area contributed by atoms with Gasteiger partial charge in [-0.25, -0.2) is 8.42 Å². The Morgan fingerprint density at radius 3 is 2.41 bits per heavy atom. The summed E-state index contributed by atoms with van der Waals surface area (Å²) in [7, 11) is -1.74. The lowest BCUT2D eigenvalue weighted by molar-refractivity contribution is 0.135. The molecule has 7 heteroatoms. The Kier molecular flexibility index (Phi) is 5.82. The minimum absolute atomic E-state index is 0.0962. The van der Waals surface area contributed by atoms with Crippen LogP contribution in [0.2, 0.25) is 0 Å². The first-order valence-corrected chi connectivity index (χ1v) is 10.4. The quantitative estimate of drug-likeness (QED) is 0.789. The van der Waals surface area contributed by atoms with E-state index in [0.29, 0.717) is 31.7 Å². The lowest BCUT2D eigenvalue weighted by Gasteiger charge is -2.30. The zero-order valence-corrected chi connectivity index (χ0v) is 16.4. The molecule has 0 saturated carbocycles. The molecule has 0 unspecified atom stereocenters. The van der Waals surface area contributed by atoms with Gasteiger partial charge in [-0.3, -0.25) is 4.79 Å². The van der Waals surface area contributed by atoms with E-state index in [9.17, 15) is 13.2 Å². The van der Waals surface area contributed by atoms with Gasteiger partial charge in [0, 0.05) is 37.3 Å². The van der Waals surface area contributed by atoms with Crippen LogP contribution < -0.4 is 10.3 Å². The van der Waals surface area contributed by atoms with Crippen LogP contribution in [0.1, 0.15) is 24.1 Å². The molecule has 2 aromatic rings. The second kappa shape index (κ2) is 8.10. The fraction of sp³-hybridized carbons (Fsp3) is 0.350. The van der Waals surface area contributed by atoms with E-state index in [1.54, 1.807) is 17.7 Å². The highest BCUT2D eigenvalue weighted by Crippen LogP contribution is 2.21. The highest BCUT2D eigenvalue weighted by Gasteiger charge is 2.27. The highest BCUT2D eigenvalue weighted by molar-refractivity contribution is 7.92. The summed E-state index contributed by atoms with van der Waals surface area (Å²) in [6.45, 7) is 2.65. The van der Waals surface area contributed by atoms with Crippen LogP contribution in [0.25, 0.3) is 6.08 Å². The number of hydrogen-bond donors (Lipinski definition) is 0. The summed E-state index contributed by atoms with van der Waals surface area (Å²) in [6, 6.07) is 12.6. The third-order valence-corrected chi connectivity index (χ3v) is 6.34. The van der Waals surface area contributed by atoms with E-state index >= 15 is 0 Å². The standard InChI is InChI=1S/C20H24N2O4S/c1-16-14-19(15-20(23)21(16)2)26-18-8-11-22(12-9-18)27(24,25)13-10-17-6-4-3-5-7-17/h3-7,10,13-15,18H,8-9,11-12H2,1-2H3/b13-10+. The lowest BCUT2D eigenvalue weighted by Crippen LogP contribution is -2.41. The smallest absolute Gasteiger partial charge is 0.254 e. The Morgan fingerprint density at radius 1 is 1.11 bits per heavy atom. The third kappa shape index (κ3) is 4.87. The number of pyridine rings is 1. The Bertz CT molecular complexity index is 973. The number of sulfonamides is 1. The van der Waals surface area contributed by atoms with Gasteiger partial charge in [0.15, 0.2) is 0 Å². The average molecular weight is 388 g/mol. The molecule has 0 N–H and O–H groups in total. The summed E-state index contributed by atoms with van der Waals surface area (Å²) < 4.78 is 33.9. The fourth-order valence-corrected chi connectivity index (χ4v) is 4.24. The Labute approximate surface area is 159 Å². The van der Waals surface area contributed by atoms with Crippen LogP contribution >= 0.6 is 0 Å². The second-order valence-electron chi connectivity index (χ2n) is 6.70. The number of piperidine rings is 1. The molecule has 1 aromatic heterocycles. The van der Waals surface area contributed by atoms with E-state index in [1.807, 2.05) is 43.3 Å². The number of aromatic nitrogens is 1. The van der Waals surface area contributed by atoms with Crippen LogP contribution in [-0.2, 0) is 17.1 Å². The zero-order valence-electron chi connectivity index (χ0n) is 15.5. The molecular formula is C20H24N2O4S. The Balaban J connectivity index is 1.60. The van der Waals surface area contributed by atoms with Crippen LogP contribution in [0.4, 0.5) is 0 Å². The number of hydrogen-bond acceptors (Lipinski definition) is 4. The van der Waals surface area contributed by atoms with Gasteiger partial charge in [-0.15, -0.1) is 0 Å². The Morgan fingerprint density at radius 2 is 1.78 bits per heavy atom. The molecule has 27 heavy (non-hydrogen) atoms. The molecular weight excluding hydrogens is 364 g/mol. The van der Waals surface area contributed by atoms with Gasteiger partial charge in [-0.2, -0.15) is 4.31 Å². The molecule has 0 spiro atoms. The molecule has 3 rings (SSSR count). The SMILES string of the molecule is Cc1cc(OC2CCN(S(=O)(=O)/C=C/c3ccccc3)CC2)cc(=O)n1C. The minimum atomic E-state index is -3.45. The topological polar surface area (TPSA) is 68.6 Å². The van der Waals surface area contributed by atoms with Crippen LogP contribution in [0.15, 0.2) is 52.7 Å². The van der Waals surface area contributed by atoms with Crippen LogP contribution in [0, 0.1) is 6.92 Å². The van der Waals surface area contributed by atoms with E-state index in [0.717, 1.165) is 11.3 Å². The van der Waals surface area contributed by atoms with Gasteiger partial charge in [0.1, 0.15) is 11.9 Å². The van der Waals surface area contributed by atoms with Crippen molar-refractivity contribution in [3.63, 3.8) is 0 Å². The summed E-state index contributed by atoms with van der Waals surface area (Å²) in [4.78, 5) is 11.9. The molecule has 1 saturated heterocycles. The first kappa shape index (κ1) is 19.4. The van der Waals surface area contributed by atoms with Gasteiger partial charge in [-0.05, 0) is 37.5 Å². The number of benzene rings is 1. The second-order valence-corrected chi connectivity index (χ2v) is 8.52. The monoisotopic (exact) mass is 388 g/mol. The molecule has 1 fully saturated rings. The first-order chi connectivity index (χ1) is 12.8. The predicted octanol–water partition coefficient (Wildman–Crippen LogP) is 2.54. The van der Waals surface area contributed by atoms with Crippen LogP contribution in [0.3, 0.4) is 0 Å². The predicted molar refractivity (Wildman–Crippen MR) is 106 cm³/mol. The van der Waals surface area contributed by atoms with Crippen LogP contribution in [-0.4, -0.2) is 36.5 Å². The van der Waals surface area contributed by atoms with Crippen molar-refractivity contribution in [2.24, 2.45) is 7.05 Å². The van der Waals surface area contributed by atoms with E-state index in [4.69, 9.17) is 4.74 Å². The van der Waals surface area contributed by atoms with Crippen molar-refractivity contribution >= 4 is 16.1 Å². The molecule has 1 aliphatic heterocycles. The summed E-state index contributed by atoms with van der Waals surface area (Å²) >= 11 is 0. The van der Waals surface area contributed by atoms with E-state index < -0.39 is 10.0 Å². The maximum atomic E-state index is 12.5. The van der Waals surface area contributed by atoms with Crippen molar-refractivity contribution in [3.8, 4) is 5.75 Å². The van der Waals surface area contributed by atoms with Crippen molar-refractivity contribution in [1.29, 1.82) is 0 Å². The van der Waals surface area contributed by atoms with E-state index in [1.165, 1.54) is 15.8 Å². The fourth-order valence-electron chi connectivity index (χ4n) is 3.02. The van der Waals surface area contributed by atoms with E-state index in [2.05, 4.69) is 0 Å². The molecule has 6 nitrogen and oxygen atoms in total. The van der Waals surface area contributed by atoms with Gasteiger partial charge in [-0.1, -0.05) is 30.3 Å². The summed E-state index contributed by atoms with van der Waals surface area (Å²) in [5.74, 6) is 0.542. The Hall–Kier alpha value is -2.38. The average Bonchev–Trinajstić information content (AvgIpc) is 2.66. The molecule has 0 atom stereocenters. The highest BCUT2D eigenvalue weighted by atomic mass is 32.2. The summed E-state index contributed by atoms with van der Waals surface area (Å²) in [6.07, 6.45) is 2.70. The molecule has 1 aliphatic rings. The van der Waals surface area contributed by atoms with Gasteiger partial charge >= 0.3 is 0 Å². The number of ether oxygens (including phenoxy) is 1. The number of nitrogens with zero attached hydrogens (tertiary/aromatic N) is 2. The molecule has 2 heterocycles. The largest absolute Gasteiger partial charge is 0.490 e. The number of rotatable bonds is 5. The molecule has 0 aliphatic carbocycles. The maximum Gasteiger partial charge on any atom is 0.254 e. The van der Waals surface area contributed by atoms with Crippen molar-refractivity contribution in [2.45, 2.75) is 25.9 Å².